The molecule has 0 bridgehead atoms. The summed E-state index contributed by atoms with van der Waals surface area (Å²) in [7, 11) is -0.120. The Kier molecular flexibility index (Phi) is 4.98. The van der Waals surface area contributed by atoms with E-state index in [1.165, 1.54) is 7.11 Å². The van der Waals surface area contributed by atoms with Crippen LogP contribution in [-0.2, 0) is 9.84 Å². The molecule has 0 radical (unpaired) electrons. The second-order valence-electron chi connectivity index (χ2n) is 5.64. The SMILES string of the molecule is CNC(CS(=O)(=O)c1ccccc1OC)C(C)(C)C. The minimum absolute atomic E-state index is 0.0490. The number of sulfone groups is 1. The summed E-state index contributed by atoms with van der Waals surface area (Å²) in [4.78, 5) is 0.252. The van der Waals surface area contributed by atoms with Gasteiger partial charge in [0.1, 0.15) is 10.6 Å². The molecule has 1 aromatic rings. The summed E-state index contributed by atoms with van der Waals surface area (Å²) in [5.74, 6) is 0.444. The van der Waals surface area contributed by atoms with Crippen LogP contribution in [0.4, 0.5) is 0 Å². The number of para-hydroxylation sites is 1. The summed E-state index contributed by atoms with van der Waals surface area (Å²) < 4.78 is 30.1. The third kappa shape index (κ3) is 3.94. The van der Waals surface area contributed by atoms with E-state index in [9.17, 15) is 8.42 Å². The Morgan fingerprint density at radius 2 is 1.84 bits per heavy atom. The number of ether oxygens (including phenoxy) is 1. The van der Waals surface area contributed by atoms with E-state index in [2.05, 4.69) is 5.32 Å². The van der Waals surface area contributed by atoms with Crippen LogP contribution in [0.2, 0.25) is 0 Å². The van der Waals surface area contributed by atoms with Crippen molar-refractivity contribution in [1.82, 2.24) is 5.32 Å². The Balaban J connectivity index is 3.11. The fraction of sp³-hybridized carbons (Fsp3) is 0.571. The Bertz CT molecular complexity index is 518. The maximum absolute atomic E-state index is 12.5. The van der Waals surface area contributed by atoms with Crippen molar-refractivity contribution in [3.8, 4) is 5.75 Å². The van der Waals surface area contributed by atoms with Crippen LogP contribution in [0.1, 0.15) is 20.8 Å². The highest BCUT2D eigenvalue weighted by atomic mass is 32.2. The fourth-order valence-electron chi connectivity index (χ4n) is 1.95. The molecule has 0 saturated carbocycles. The second-order valence-corrected chi connectivity index (χ2v) is 7.64. The molecule has 0 aliphatic carbocycles. The van der Waals surface area contributed by atoms with Crippen molar-refractivity contribution in [2.45, 2.75) is 31.7 Å². The largest absolute Gasteiger partial charge is 0.495 e. The van der Waals surface area contributed by atoms with Crippen LogP contribution in [0.15, 0.2) is 29.2 Å². The van der Waals surface area contributed by atoms with Gasteiger partial charge >= 0.3 is 0 Å². The predicted octanol–water partition coefficient (Wildman–Crippen LogP) is 2.10. The zero-order valence-electron chi connectivity index (χ0n) is 12.2. The summed E-state index contributed by atoms with van der Waals surface area (Å²) in [6, 6.07) is 6.60. The van der Waals surface area contributed by atoms with Crippen LogP contribution < -0.4 is 10.1 Å². The van der Waals surface area contributed by atoms with Crippen LogP contribution in [-0.4, -0.2) is 34.4 Å². The normalized spacial score (nSPS) is 14.2. The molecule has 108 valence electrons. The molecule has 19 heavy (non-hydrogen) atoms. The zero-order chi connectivity index (χ0) is 14.7. The van der Waals surface area contributed by atoms with Gasteiger partial charge < -0.3 is 10.1 Å². The molecule has 1 rings (SSSR count). The molecule has 5 heteroatoms. The van der Waals surface area contributed by atoms with Crippen molar-refractivity contribution in [2.75, 3.05) is 19.9 Å². The Morgan fingerprint density at radius 1 is 1.26 bits per heavy atom. The standard InChI is InChI=1S/C14H23NO3S/c1-14(2,3)13(15-4)10-19(16,17)12-9-7-6-8-11(12)18-5/h6-9,13,15H,10H2,1-5H3. The van der Waals surface area contributed by atoms with Crippen molar-refractivity contribution in [2.24, 2.45) is 5.41 Å². The van der Waals surface area contributed by atoms with Gasteiger partial charge in [0.15, 0.2) is 9.84 Å². The van der Waals surface area contributed by atoms with E-state index >= 15 is 0 Å². The molecule has 0 saturated heterocycles. The third-order valence-electron chi connectivity index (χ3n) is 3.18. The van der Waals surface area contributed by atoms with Crippen molar-refractivity contribution in [1.29, 1.82) is 0 Å². The first-order valence-electron chi connectivity index (χ1n) is 6.25. The lowest BCUT2D eigenvalue weighted by Crippen LogP contribution is -2.43. The predicted molar refractivity (Wildman–Crippen MR) is 77.3 cm³/mol. The van der Waals surface area contributed by atoms with E-state index in [-0.39, 0.29) is 22.1 Å². The highest BCUT2D eigenvalue weighted by Gasteiger charge is 2.30. The highest BCUT2D eigenvalue weighted by molar-refractivity contribution is 7.91. The minimum Gasteiger partial charge on any atom is -0.495 e. The van der Waals surface area contributed by atoms with E-state index in [4.69, 9.17) is 4.74 Å². The number of benzene rings is 1. The molecule has 0 fully saturated rings. The van der Waals surface area contributed by atoms with Gasteiger partial charge in [-0.15, -0.1) is 0 Å². The lowest BCUT2D eigenvalue weighted by molar-refractivity contribution is 0.302. The highest BCUT2D eigenvalue weighted by Crippen LogP contribution is 2.27. The molecule has 1 unspecified atom stereocenters. The number of hydrogen-bond acceptors (Lipinski definition) is 4. The summed E-state index contributed by atoms with van der Waals surface area (Å²) >= 11 is 0. The molecule has 0 aliphatic rings. The molecule has 1 atom stereocenters. The van der Waals surface area contributed by atoms with Crippen LogP contribution >= 0.6 is 0 Å². The van der Waals surface area contributed by atoms with Gasteiger partial charge in [0.05, 0.1) is 12.9 Å². The van der Waals surface area contributed by atoms with Gasteiger partial charge in [-0.25, -0.2) is 8.42 Å². The van der Waals surface area contributed by atoms with Crippen LogP contribution in [0.25, 0.3) is 0 Å². The first kappa shape index (κ1) is 16.0. The minimum atomic E-state index is -3.38. The van der Waals surface area contributed by atoms with Crippen molar-refractivity contribution < 1.29 is 13.2 Å². The Labute approximate surface area is 116 Å². The molecular weight excluding hydrogens is 262 g/mol. The van der Waals surface area contributed by atoms with E-state index < -0.39 is 9.84 Å². The second kappa shape index (κ2) is 5.92. The molecule has 1 aromatic carbocycles. The topological polar surface area (TPSA) is 55.4 Å². The van der Waals surface area contributed by atoms with E-state index in [1.54, 1.807) is 31.3 Å². The summed E-state index contributed by atoms with van der Waals surface area (Å²) in [6.45, 7) is 6.06. The maximum Gasteiger partial charge on any atom is 0.183 e. The maximum atomic E-state index is 12.5. The first-order valence-corrected chi connectivity index (χ1v) is 7.90. The van der Waals surface area contributed by atoms with Crippen molar-refractivity contribution >= 4 is 9.84 Å². The van der Waals surface area contributed by atoms with E-state index in [0.29, 0.717) is 5.75 Å². The number of nitrogens with one attached hydrogen (secondary N) is 1. The van der Waals surface area contributed by atoms with Crippen LogP contribution in [0.3, 0.4) is 0 Å². The van der Waals surface area contributed by atoms with Crippen molar-refractivity contribution in [3.63, 3.8) is 0 Å². The summed E-state index contributed by atoms with van der Waals surface area (Å²) in [5.41, 5.74) is -0.135. The summed E-state index contributed by atoms with van der Waals surface area (Å²) in [6.07, 6.45) is 0. The molecule has 0 aliphatic heterocycles. The average molecular weight is 285 g/mol. The van der Waals surface area contributed by atoms with Gasteiger partial charge in [0.25, 0.3) is 0 Å². The third-order valence-corrected chi connectivity index (χ3v) is 4.96. The monoisotopic (exact) mass is 285 g/mol. The van der Waals surface area contributed by atoms with Gasteiger partial charge in [-0.1, -0.05) is 32.9 Å². The van der Waals surface area contributed by atoms with Gasteiger partial charge in [-0.05, 0) is 24.6 Å². The Hall–Kier alpha value is -1.07. The lowest BCUT2D eigenvalue weighted by Gasteiger charge is -2.30. The van der Waals surface area contributed by atoms with Gasteiger partial charge in [0, 0.05) is 6.04 Å². The van der Waals surface area contributed by atoms with Crippen LogP contribution in [0, 0.1) is 5.41 Å². The van der Waals surface area contributed by atoms with Gasteiger partial charge in [-0.3, -0.25) is 0 Å². The summed E-state index contributed by atoms with van der Waals surface area (Å²) in [5, 5.41) is 3.09. The van der Waals surface area contributed by atoms with Gasteiger partial charge in [0.2, 0.25) is 0 Å². The first-order chi connectivity index (χ1) is 8.72. The quantitative estimate of drug-likeness (QED) is 0.900. The number of rotatable bonds is 5. The van der Waals surface area contributed by atoms with Gasteiger partial charge in [-0.2, -0.15) is 0 Å². The molecule has 4 nitrogen and oxygen atoms in total. The fourth-order valence-corrected chi connectivity index (χ4v) is 3.98. The van der Waals surface area contributed by atoms with E-state index in [1.807, 2.05) is 20.8 Å². The smallest absolute Gasteiger partial charge is 0.183 e. The Morgan fingerprint density at radius 3 is 2.32 bits per heavy atom. The molecule has 1 N–H and O–H groups in total. The molecule has 0 heterocycles. The molecule has 0 amide bonds. The average Bonchev–Trinajstić information content (AvgIpc) is 2.34. The van der Waals surface area contributed by atoms with Crippen LogP contribution in [0.5, 0.6) is 5.75 Å². The number of methoxy groups -OCH3 is 1. The van der Waals surface area contributed by atoms with E-state index in [0.717, 1.165) is 0 Å². The molecule has 0 aromatic heterocycles. The van der Waals surface area contributed by atoms with Crippen molar-refractivity contribution in [3.05, 3.63) is 24.3 Å². The molecule has 0 spiro atoms. The molecular formula is C14H23NO3S. The lowest BCUT2D eigenvalue weighted by atomic mass is 9.88. The number of hydrogen-bond donors (Lipinski definition) is 1. The zero-order valence-corrected chi connectivity index (χ0v) is 13.0.